The molecular weight excluding hydrogens is 979 g/mol. The van der Waals surface area contributed by atoms with Gasteiger partial charge in [-0.3, -0.25) is 28.8 Å². The van der Waals surface area contributed by atoms with Crippen LogP contribution in [0.25, 0.3) is 0 Å². The molecule has 4 fully saturated rings. The van der Waals surface area contributed by atoms with E-state index in [1.807, 2.05) is 0 Å². The van der Waals surface area contributed by atoms with Crippen LogP contribution in [0.4, 0.5) is 4.79 Å². The fraction of sp³-hybridized carbons (Fsp3) is 0.585. The SMILES string of the molecule is CC(=O)O[C@@]12COC1C[C@H](O)[C@@]1(C)C(=O)[C@H](O)C3=C(C)[C@@H](OC(=O)[C@H](O)[C@@H](NC(=O)N[C@H](C(=O)N4CCC[C@H]4C(=O)NCC(=O)NCC(=O)O)C(C)C)c4ccccc4)C[C@@](O)([C@@H](OCc4ccccc4)C21)C3(C)C. The van der Waals surface area contributed by atoms with E-state index < -0.39 is 156 Å². The van der Waals surface area contributed by atoms with Gasteiger partial charge in [0, 0.05) is 37.6 Å². The molecule has 75 heavy (non-hydrogen) atoms. The number of likely N-dealkylation sites (tertiary alicyclic amines) is 1. The highest BCUT2D eigenvalue weighted by molar-refractivity contribution is 5.95. The highest BCUT2D eigenvalue weighted by atomic mass is 16.6. The molecule has 22 heteroatoms. The lowest BCUT2D eigenvalue weighted by Crippen LogP contribution is -2.81. The number of aliphatic hydroxyl groups is 4. The molecule has 2 heterocycles. The van der Waals surface area contributed by atoms with Gasteiger partial charge in [0.15, 0.2) is 17.5 Å². The van der Waals surface area contributed by atoms with Gasteiger partial charge in [-0.25, -0.2) is 9.59 Å². The van der Waals surface area contributed by atoms with Crippen molar-refractivity contribution in [1.82, 2.24) is 26.2 Å². The van der Waals surface area contributed by atoms with E-state index in [-0.39, 0.29) is 49.3 Å². The Kier molecular flexibility index (Phi) is 16.6. The van der Waals surface area contributed by atoms with Gasteiger partial charge in [-0.05, 0) is 54.9 Å². The van der Waals surface area contributed by atoms with E-state index in [0.717, 1.165) is 0 Å². The highest BCUT2D eigenvalue weighted by Crippen LogP contribution is 2.64. The molecule has 2 aromatic carbocycles. The van der Waals surface area contributed by atoms with Gasteiger partial charge in [0.1, 0.15) is 42.5 Å². The number of urea groups is 1. The minimum atomic E-state index is -2.22. The lowest BCUT2D eigenvalue weighted by atomic mass is 9.44. The molecule has 0 aromatic heterocycles. The zero-order valence-corrected chi connectivity index (χ0v) is 43.1. The molecule has 22 nitrogen and oxygen atoms in total. The molecule has 13 atom stereocenters. The van der Waals surface area contributed by atoms with E-state index in [9.17, 15) is 54.0 Å². The van der Waals surface area contributed by atoms with Gasteiger partial charge in [0.2, 0.25) is 17.7 Å². The van der Waals surface area contributed by atoms with Crippen LogP contribution in [0.1, 0.15) is 91.3 Å². The van der Waals surface area contributed by atoms with Gasteiger partial charge in [0.25, 0.3) is 0 Å². The second kappa shape index (κ2) is 22.1. The van der Waals surface area contributed by atoms with Crippen LogP contribution in [0.5, 0.6) is 0 Å². The van der Waals surface area contributed by atoms with Crippen molar-refractivity contribution in [1.29, 1.82) is 0 Å². The molecule has 3 aliphatic carbocycles. The summed E-state index contributed by atoms with van der Waals surface area (Å²) in [6.45, 7) is 9.28. The summed E-state index contributed by atoms with van der Waals surface area (Å²) >= 11 is 0. The predicted octanol–water partition coefficient (Wildman–Crippen LogP) is 0.727. The van der Waals surface area contributed by atoms with E-state index in [2.05, 4.69) is 21.3 Å². The Morgan fingerprint density at radius 2 is 1.57 bits per heavy atom. The number of aliphatic carboxylic acids is 1. The van der Waals surface area contributed by atoms with Crippen LogP contribution in [0, 0.1) is 22.7 Å². The van der Waals surface area contributed by atoms with Crippen LogP contribution in [0.15, 0.2) is 71.8 Å². The number of hydrogen-bond acceptors (Lipinski definition) is 16. The van der Waals surface area contributed by atoms with Crippen LogP contribution in [0.2, 0.25) is 0 Å². The van der Waals surface area contributed by atoms with E-state index in [1.165, 1.54) is 37.8 Å². The molecule has 0 spiro atoms. The number of carboxylic acid groups (broad SMARTS) is 1. The first-order valence-corrected chi connectivity index (χ1v) is 25.2. The predicted molar refractivity (Wildman–Crippen MR) is 262 cm³/mol. The monoisotopic (exact) mass is 1050 g/mol. The maximum atomic E-state index is 15.2. The molecule has 9 N–H and O–H groups in total. The van der Waals surface area contributed by atoms with Crippen molar-refractivity contribution in [2.75, 3.05) is 26.2 Å². The largest absolute Gasteiger partial charge is 0.480 e. The Balaban J connectivity index is 1.17. The van der Waals surface area contributed by atoms with Crippen molar-refractivity contribution in [2.24, 2.45) is 22.7 Å². The number of aliphatic hydroxyl groups excluding tert-OH is 3. The molecule has 5 amide bonds. The van der Waals surface area contributed by atoms with Crippen molar-refractivity contribution in [3.63, 3.8) is 0 Å². The fourth-order valence-electron chi connectivity index (χ4n) is 12.0. The average molecular weight is 1050 g/mol. The van der Waals surface area contributed by atoms with Crippen molar-refractivity contribution in [3.8, 4) is 0 Å². The summed E-state index contributed by atoms with van der Waals surface area (Å²) in [7, 11) is 0. The van der Waals surface area contributed by atoms with Gasteiger partial charge in [0.05, 0.1) is 43.4 Å². The molecule has 2 aliphatic heterocycles. The minimum absolute atomic E-state index is 0.0253. The first kappa shape index (κ1) is 56.4. The number of carboxylic acids is 1. The number of ether oxygens (including phenoxy) is 4. The van der Waals surface area contributed by atoms with Crippen LogP contribution in [-0.2, 0) is 59.1 Å². The lowest BCUT2D eigenvalue weighted by molar-refractivity contribution is -0.351. The smallest absolute Gasteiger partial charge is 0.338 e. The van der Waals surface area contributed by atoms with Gasteiger partial charge in [-0.1, -0.05) is 88.4 Å². The molecule has 2 saturated carbocycles. The standard InChI is InChI=1S/C53H69N5O17/c1-27(2)39(47(68)58-20-14-19-32(58)46(67)55-23-36(61)54-24-37(62)63)56-49(70)57-40(31-17-12-9-13-18-31)42(65)48(69)74-33-22-53(71)45(72-25-30-15-10-8-11-16-30)43-51(7,44(66)41(64)38(28(33)3)50(53,5)6)34(60)21-35-52(43,26-73-35)75-29(4)59/h8-13,15-18,27,32-35,39-43,45,60,64-65,71H,14,19-26H2,1-7H3,(H,54,61)(H,55,67)(H,62,63)(H2,56,57,70)/t32-,33-,34-,35?,39-,40-,41+,42+,43?,45-,51+,52-,53+/m0/s1. The Morgan fingerprint density at radius 1 is 0.920 bits per heavy atom. The van der Waals surface area contributed by atoms with E-state index >= 15 is 4.79 Å². The maximum Gasteiger partial charge on any atom is 0.338 e. The quantitative estimate of drug-likeness (QED) is 0.0779. The van der Waals surface area contributed by atoms with E-state index in [1.54, 1.807) is 76.2 Å². The molecule has 2 bridgehead atoms. The fourth-order valence-corrected chi connectivity index (χ4v) is 12.0. The number of benzene rings is 2. The number of amides is 5. The number of nitrogens with zero attached hydrogens (tertiary/aromatic N) is 1. The second-order valence-electron chi connectivity index (χ2n) is 21.4. The molecule has 2 aromatic rings. The zero-order valence-electron chi connectivity index (χ0n) is 43.1. The average Bonchev–Trinajstić information content (AvgIpc) is 3.86. The molecule has 2 saturated heterocycles. The Labute approximate surface area is 433 Å². The Hall–Kier alpha value is -6.30. The summed E-state index contributed by atoms with van der Waals surface area (Å²) in [6, 6.07) is 12.1. The number of carbonyl (C=O) groups is 8. The summed E-state index contributed by atoms with van der Waals surface area (Å²) in [5.74, 6) is -8.12. The number of hydrogen-bond donors (Lipinski definition) is 9. The summed E-state index contributed by atoms with van der Waals surface area (Å²) < 4.78 is 24.9. The van der Waals surface area contributed by atoms with Gasteiger partial charge >= 0.3 is 23.9 Å². The molecule has 7 rings (SSSR count). The van der Waals surface area contributed by atoms with Crippen molar-refractivity contribution < 1.29 is 82.8 Å². The van der Waals surface area contributed by atoms with E-state index in [4.69, 9.17) is 24.1 Å². The normalized spacial score (nSPS) is 30.9. The summed E-state index contributed by atoms with van der Waals surface area (Å²) in [5.41, 5.74) is -6.30. The lowest BCUT2D eigenvalue weighted by Gasteiger charge is -2.67. The summed E-state index contributed by atoms with van der Waals surface area (Å²) in [6.07, 6.45) is -9.53. The minimum Gasteiger partial charge on any atom is -0.480 e. The van der Waals surface area contributed by atoms with Crippen molar-refractivity contribution in [3.05, 3.63) is 82.9 Å². The number of esters is 2. The first-order valence-electron chi connectivity index (χ1n) is 25.2. The molecule has 5 aliphatic rings. The molecule has 0 radical (unpaired) electrons. The molecule has 2 unspecified atom stereocenters. The third kappa shape index (κ3) is 10.6. The topological polar surface area (TPSA) is 326 Å². The number of carbonyl (C=O) groups excluding carboxylic acids is 7. The summed E-state index contributed by atoms with van der Waals surface area (Å²) in [5, 5.41) is 68.7. The van der Waals surface area contributed by atoms with Crippen LogP contribution < -0.4 is 21.3 Å². The number of ketones is 1. The molecule has 408 valence electrons. The van der Waals surface area contributed by atoms with Crippen LogP contribution in [0.3, 0.4) is 0 Å². The number of nitrogens with one attached hydrogen (secondary N) is 4. The maximum absolute atomic E-state index is 15.2. The number of rotatable bonds is 17. The first-order chi connectivity index (χ1) is 35.3. The highest BCUT2D eigenvalue weighted by Gasteiger charge is 2.77. The van der Waals surface area contributed by atoms with Gasteiger partial charge in [-0.15, -0.1) is 0 Å². The van der Waals surface area contributed by atoms with Crippen LogP contribution in [-0.4, -0.2) is 164 Å². The Morgan fingerprint density at radius 3 is 2.17 bits per heavy atom. The summed E-state index contributed by atoms with van der Waals surface area (Å²) in [4.78, 5) is 108. The number of fused-ring (bicyclic) bond motifs is 5. The zero-order chi connectivity index (χ0) is 54.9. The second-order valence-corrected chi connectivity index (χ2v) is 21.4. The third-order valence-corrected chi connectivity index (χ3v) is 16.1. The van der Waals surface area contributed by atoms with Gasteiger partial charge < -0.3 is 70.6 Å². The van der Waals surface area contributed by atoms with Crippen molar-refractivity contribution in [2.45, 2.75) is 147 Å². The molecular formula is C53H69N5O17. The van der Waals surface area contributed by atoms with Crippen molar-refractivity contribution >= 4 is 47.4 Å². The third-order valence-electron chi connectivity index (χ3n) is 16.1. The Bertz CT molecular complexity index is 2560. The number of Topliss-reactive ketones (excluding diaryl/α,β-unsaturated/α-hetero) is 1. The van der Waals surface area contributed by atoms with Gasteiger partial charge in [-0.2, -0.15) is 0 Å². The van der Waals surface area contributed by atoms with E-state index in [0.29, 0.717) is 12.0 Å². The van der Waals surface area contributed by atoms with Crippen LogP contribution >= 0.6 is 0 Å².